The number of anilines is 1. The van der Waals surface area contributed by atoms with E-state index in [0.717, 1.165) is 6.42 Å². The van der Waals surface area contributed by atoms with Gasteiger partial charge in [0.15, 0.2) is 11.6 Å². The average molecular weight is 223 g/mol. The van der Waals surface area contributed by atoms with Crippen molar-refractivity contribution >= 4 is 5.69 Å². The maximum Gasteiger partial charge on any atom is 0.167 e. The van der Waals surface area contributed by atoms with Gasteiger partial charge in [0.1, 0.15) is 6.10 Å². The lowest BCUT2D eigenvalue weighted by atomic mass is 9.88. The molecule has 0 aliphatic heterocycles. The van der Waals surface area contributed by atoms with Gasteiger partial charge in [-0.3, -0.25) is 0 Å². The van der Waals surface area contributed by atoms with Crippen LogP contribution in [0.2, 0.25) is 0 Å². The monoisotopic (exact) mass is 223 g/mol. The molecule has 2 atom stereocenters. The maximum absolute atomic E-state index is 13.5. The van der Waals surface area contributed by atoms with Crippen molar-refractivity contribution in [3.63, 3.8) is 0 Å². The second kappa shape index (κ2) is 4.73. The first kappa shape index (κ1) is 11.2. The predicted molar refractivity (Wildman–Crippen MR) is 62.9 cm³/mol. The van der Waals surface area contributed by atoms with Crippen LogP contribution in [0, 0.1) is 11.7 Å². The van der Waals surface area contributed by atoms with Gasteiger partial charge in [-0.2, -0.15) is 0 Å². The Kier molecular flexibility index (Phi) is 3.32. The normalized spacial score (nSPS) is 25.4. The third kappa shape index (κ3) is 2.46. The zero-order valence-corrected chi connectivity index (χ0v) is 9.58. The average Bonchev–Trinajstić information content (AvgIpc) is 2.25. The molecular weight excluding hydrogens is 205 g/mol. The highest BCUT2D eigenvalue weighted by molar-refractivity contribution is 5.42. The van der Waals surface area contributed by atoms with Crippen LogP contribution in [-0.2, 0) is 0 Å². The van der Waals surface area contributed by atoms with Crippen LogP contribution in [0.5, 0.6) is 5.75 Å². The minimum Gasteiger partial charge on any atom is -0.487 e. The molecule has 1 saturated carbocycles. The molecule has 16 heavy (non-hydrogen) atoms. The molecule has 0 amide bonds. The lowest BCUT2D eigenvalue weighted by Crippen LogP contribution is -2.28. The van der Waals surface area contributed by atoms with Gasteiger partial charge in [-0.15, -0.1) is 0 Å². The Labute approximate surface area is 95.6 Å². The predicted octanol–water partition coefficient (Wildman–Crippen LogP) is 3.37. The summed E-state index contributed by atoms with van der Waals surface area (Å²) in [7, 11) is 0. The van der Waals surface area contributed by atoms with Crippen LogP contribution in [0.4, 0.5) is 10.1 Å². The minimum atomic E-state index is -0.363. The summed E-state index contributed by atoms with van der Waals surface area (Å²) in [6.45, 7) is 2.17. The Bertz CT molecular complexity index is 367. The molecule has 2 rings (SSSR count). The molecular formula is C13H18FNO. The molecule has 3 heteroatoms. The summed E-state index contributed by atoms with van der Waals surface area (Å²) in [5.74, 6) is 0.469. The molecule has 0 spiro atoms. The number of rotatable bonds is 2. The van der Waals surface area contributed by atoms with E-state index in [4.69, 9.17) is 10.5 Å². The van der Waals surface area contributed by atoms with Crippen molar-refractivity contribution in [3.8, 4) is 5.75 Å². The Morgan fingerprint density at radius 2 is 2.06 bits per heavy atom. The first-order chi connectivity index (χ1) is 7.66. The van der Waals surface area contributed by atoms with E-state index in [-0.39, 0.29) is 11.9 Å². The quantitative estimate of drug-likeness (QED) is 0.780. The number of ether oxygens (including phenoxy) is 1. The largest absolute Gasteiger partial charge is 0.487 e. The molecule has 1 aliphatic carbocycles. The van der Waals surface area contributed by atoms with Crippen molar-refractivity contribution in [2.75, 3.05) is 5.73 Å². The molecule has 0 aromatic heterocycles. The van der Waals surface area contributed by atoms with Gasteiger partial charge in [-0.05, 0) is 37.3 Å². The number of halogens is 1. The molecule has 1 aromatic rings. The molecule has 0 heterocycles. The highest BCUT2D eigenvalue weighted by atomic mass is 19.1. The van der Waals surface area contributed by atoms with Gasteiger partial charge >= 0.3 is 0 Å². The highest BCUT2D eigenvalue weighted by Gasteiger charge is 2.23. The number of benzene rings is 1. The number of hydrogen-bond acceptors (Lipinski definition) is 2. The molecule has 2 unspecified atom stereocenters. The molecule has 1 aliphatic rings. The van der Waals surface area contributed by atoms with Gasteiger partial charge in [0.25, 0.3) is 0 Å². The fourth-order valence-electron chi connectivity index (χ4n) is 2.23. The van der Waals surface area contributed by atoms with E-state index in [2.05, 4.69) is 6.92 Å². The van der Waals surface area contributed by atoms with Gasteiger partial charge < -0.3 is 10.5 Å². The summed E-state index contributed by atoms with van der Waals surface area (Å²) in [6.07, 6.45) is 4.76. The Hall–Kier alpha value is -1.25. The summed E-state index contributed by atoms with van der Waals surface area (Å²) in [5, 5.41) is 0. The number of hydrogen-bond donors (Lipinski definition) is 1. The standard InChI is InChI=1S/C13H18FNO/c1-9-4-2-3-5-12(9)16-13-7-6-10(15)8-11(13)14/h6-9,12H,2-5,15H2,1H3. The zero-order valence-electron chi connectivity index (χ0n) is 9.58. The van der Waals surface area contributed by atoms with Crippen molar-refractivity contribution < 1.29 is 9.13 Å². The second-order valence-corrected chi connectivity index (χ2v) is 4.61. The highest BCUT2D eigenvalue weighted by Crippen LogP contribution is 2.29. The van der Waals surface area contributed by atoms with E-state index in [1.54, 1.807) is 12.1 Å². The van der Waals surface area contributed by atoms with Gasteiger partial charge in [0.2, 0.25) is 0 Å². The van der Waals surface area contributed by atoms with Crippen molar-refractivity contribution in [2.24, 2.45) is 5.92 Å². The number of nitrogen functional groups attached to an aromatic ring is 1. The Morgan fingerprint density at radius 3 is 2.75 bits per heavy atom. The summed E-state index contributed by atoms with van der Waals surface area (Å²) in [4.78, 5) is 0. The van der Waals surface area contributed by atoms with Crippen LogP contribution in [0.3, 0.4) is 0 Å². The lowest BCUT2D eigenvalue weighted by Gasteiger charge is -2.29. The fourth-order valence-corrected chi connectivity index (χ4v) is 2.23. The molecule has 2 N–H and O–H groups in total. The Morgan fingerprint density at radius 1 is 1.31 bits per heavy atom. The summed E-state index contributed by atoms with van der Waals surface area (Å²) >= 11 is 0. The van der Waals surface area contributed by atoms with Crippen molar-refractivity contribution in [3.05, 3.63) is 24.0 Å². The van der Waals surface area contributed by atoms with Gasteiger partial charge in [-0.1, -0.05) is 13.3 Å². The minimum absolute atomic E-state index is 0.145. The van der Waals surface area contributed by atoms with E-state index < -0.39 is 0 Å². The van der Waals surface area contributed by atoms with E-state index in [9.17, 15) is 4.39 Å². The van der Waals surface area contributed by atoms with Crippen LogP contribution in [0.15, 0.2) is 18.2 Å². The maximum atomic E-state index is 13.5. The van der Waals surface area contributed by atoms with Crippen LogP contribution < -0.4 is 10.5 Å². The summed E-state index contributed by atoms with van der Waals surface area (Å²) in [5.41, 5.74) is 5.92. The van der Waals surface area contributed by atoms with Gasteiger partial charge in [0, 0.05) is 11.8 Å². The summed E-state index contributed by atoms with van der Waals surface area (Å²) in [6, 6.07) is 4.60. The Balaban J connectivity index is 2.07. The second-order valence-electron chi connectivity index (χ2n) is 4.61. The molecule has 88 valence electrons. The fraction of sp³-hybridized carbons (Fsp3) is 0.538. The van der Waals surface area contributed by atoms with Crippen molar-refractivity contribution in [2.45, 2.75) is 38.7 Å². The van der Waals surface area contributed by atoms with Crippen LogP contribution in [0.1, 0.15) is 32.6 Å². The molecule has 1 fully saturated rings. The molecule has 0 saturated heterocycles. The van der Waals surface area contributed by atoms with Crippen LogP contribution >= 0.6 is 0 Å². The molecule has 2 nitrogen and oxygen atoms in total. The first-order valence-electron chi connectivity index (χ1n) is 5.88. The van der Waals surface area contributed by atoms with Crippen molar-refractivity contribution in [1.82, 2.24) is 0 Å². The first-order valence-corrected chi connectivity index (χ1v) is 5.88. The molecule has 1 aromatic carbocycles. The van der Waals surface area contributed by atoms with Crippen LogP contribution in [-0.4, -0.2) is 6.10 Å². The van der Waals surface area contributed by atoms with E-state index >= 15 is 0 Å². The van der Waals surface area contributed by atoms with E-state index in [1.165, 1.54) is 25.3 Å². The topological polar surface area (TPSA) is 35.2 Å². The molecule has 0 radical (unpaired) electrons. The summed E-state index contributed by atoms with van der Waals surface area (Å²) < 4.78 is 19.3. The third-order valence-electron chi connectivity index (χ3n) is 3.27. The SMILES string of the molecule is CC1CCCCC1Oc1ccc(N)cc1F. The zero-order chi connectivity index (χ0) is 11.5. The number of nitrogens with two attached hydrogens (primary N) is 1. The smallest absolute Gasteiger partial charge is 0.167 e. The van der Waals surface area contributed by atoms with Gasteiger partial charge in [-0.25, -0.2) is 4.39 Å². The van der Waals surface area contributed by atoms with E-state index in [0.29, 0.717) is 17.4 Å². The van der Waals surface area contributed by atoms with E-state index in [1.807, 2.05) is 0 Å². The lowest BCUT2D eigenvalue weighted by molar-refractivity contribution is 0.0980. The molecule has 0 bridgehead atoms. The van der Waals surface area contributed by atoms with Crippen LogP contribution in [0.25, 0.3) is 0 Å². The van der Waals surface area contributed by atoms with Gasteiger partial charge in [0.05, 0.1) is 0 Å². The third-order valence-corrected chi connectivity index (χ3v) is 3.27. The van der Waals surface area contributed by atoms with Crippen molar-refractivity contribution in [1.29, 1.82) is 0 Å².